The standard InChI is InChI=1S/C17H20N2O2/c20-15-9-5-6-12-10-11-14(19-16(12)15)17(21)18-13-7-3-1-2-4-8-13/h5-6,9-11,13,20H,1-4,7-8H2,(H,18,21). The summed E-state index contributed by atoms with van der Waals surface area (Å²) in [6, 6.07) is 9.02. The largest absolute Gasteiger partial charge is 0.506 e. The third-order valence-electron chi connectivity index (χ3n) is 4.12. The van der Waals surface area contributed by atoms with Gasteiger partial charge in [-0.15, -0.1) is 0 Å². The number of carbonyl (C=O) groups is 1. The first kappa shape index (κ1) is 13.9. The first-order chi connectivity index (χ1) is 10.2. The summed E-state index contributed by atoms with van der Waals surface area (Å²) in [6.45, 7) is 0. The Labute approximate surface area is 124 Å². The topological polar surface area (TPSA) is 62.2 Å². The molecule has 0 bridgehead atoms. The summed E-state index contributed by atoms with van der Waals surface area (Å²) in [5, 5.41) is 13.8. The van der Waals surface area contributed by atoms with Crippen LogP contribution < -0.4 is 5.32 Å². The van der Waals surface area contributed by atoms with E-state index in [0.29, 0.717) is 11.2 Å². The van der Waals surface area contributed by atoms with Crippen LogP contribution in [-0.2, 0) is 0 Å². The van der Waals surface area contributed by atoms with Crippen LogP contribution in [-0.4, -0.2) is 22.0 Å². The molecule has 1 aromatic carbocycles. The van der Waals surface area contributed by atoms with Gasteiger partial charge in [0.2, 0.25) is 0 Å². The van der Waals surface area contributed by atoms with E-state index in [4.69, 9.17) is 0 Å². The number of hydrogen-bond acceptors (Lipinski definition) is 3. The molecular weight excluding hydrogens is 264 g/mol. The summed E-state index contributed by atoms with van der Waals surface area (Å²) >= 11 is 0. The molecule has 4 heteroatoms. The fourth-order valence-electron chi connectivity index (χ4n) is 2.94. The first-order valence-corrected chi connectivity index (χ1v) is 7.63. The minimum Gasteiger partial charge on any atom is -0.506 e. The number of phenolic OH excluding ortho intramolecular Hbond substituents is 1. The van der Waals surface area contributed by atoms with Gasteiger partial charge in [0.1, 0.15) is 17.0 Å². The van der Waals surface area contributed by atoms with Gasteiger partial charge in [-0.05, 0) is 25.0 Å². The zero-order valence-corrected chi connectivity index (χ0v) is 12.0. The van der Waals surface area contributed by atoms with E-state index in [2.05, 4.69) is 10.3 Å². The average Bonchev–Trinajstić information content (AvgIpc) is 2.76. The Morgan fingerprint density at radius 1 is 1.10 bits per heavy atom. The van der Waals surface area contributed by atoms with Crippen molar-refractivity contribution < 1.29 is 9.90 Å². The molecule has 1 saturated carbocycles. The Morgan fingerprint density at radius 2 is 1.86 bits per heavy atom. The second kappa shape index (κ2) is 6.12. The molecule has 1 heterocycles. The van der Waals surface area contributed by atoms with Gasteiger partial charge in [-0.2, -0.15) is 0 Å². The van der Waals surface area contributed by atoms with E-state index in [9.17, 15) is 9.90 Å². The molecule has 1 aliphatic rings. The molecule has 1 amide bonds. The highest BCUT2D eigenvalue weighted by Crippen LogP contribution is 2.22. The molecule has 110 valence electrons. The number of nitrogens with zero attached hydrogens (tertiary/aromatic N) is 1. The fourth-order valence-corrected chi connectivity index (χ4v) is 2.94. The fraction of sp³-hybridized carbons (Fsp3) is 0.412. The van der Waals surface area contributed by atoms with E-state index in [1.165, 1.54) is 25.7 Å². The van der Waals surface area contributed by atoms with Crippen molar-refractivity contribution in [2.45, 2.75) is 44.6 Å². The maximum atomic E-state index is 12.3. The predicted molar refractivity (Wildman–Crippen MR) is 82.4 cm³/mol. The van der Waals surface area contributed by atoms with Gasteiger partial charge in [0.05, 0.1) is 0 Å². The summed E-state index contributed by atoms with van der Waals surface area (Å²) in [7, 11) is 0. The summed E-state index contributed by atoms with van der Waals surface area (Å²) in [4.78, 5) is 16.6. The van der Waals surface area contributed by atoms with E-state index in [0.717, 1.165) is 18.2 Å². The van der Waals surface area contributed by atoms with Crippen molar-refractivity contribution in [1.82, 2.24) is 10.3 Å². The lowest BCUT2D eigenvalue weighted by Gasteiger charge is -2.16. The number of pyridine rings is 1. The summed E-state index contributed by atoms with van der Waals surface area (Å²) < 4.78 is 0. The molecule has 0 atom stereocenters. The van der Waals surface area contributed by atoms with Crippen molar-refractivity contribution in [2.75, 3.05) is 0 Å². The van der Waals surface area contributed by atoms with Crippen LogP contribution in [0.3, 0.4) is 0 Å². The molecular formula is C17H20N2O2. The Hall–Kier alpha value is -2.10. The number of nitrogens with one attached hydrogen (secondary N) is 1. The molecule has 3 rings (SSSR count). The summed E-state index contributed by atoms with van der Waals surface area (Å²) in [6.07, 6.45) is 6.96. The molecule has 4 nitrogen and oxygen atoms in total. The van der Waals surface area contributed by atoms with E-state index in [1.54, 1.807) is 18.2 Å². The van der Waals surface area contributed by atoms with Gasteiger partial charge in [0.25, 0.3) is 5.91 Å². The normalized spacial score (nSPS) is 16.6. The van der Waals surface area contributed by atoms with Crippen LogP contribution in [0.4, 0.5) is 0 Å². The predicted octanol–water partition coefficient (Wildman–Crippen LogP) is 3.39. The van der Waals surface area contributed by atoms with Gasteiger partial charge in [-0.25, -0.2) is 4.98 Å². The van der Waals surface area contributed by atoms with Crippen molar-refractivity contribution >= 4 is 16.8 Å². The maximum Gasteiger partial charge on any atom is 0.270 e. The van der Waals surface area contributed by atoms with Gasteiger partial charge in [-0.3, -0.25) is 4.79 Å². The van der Waals surface area contributed by atoms with Gasteiger partial charge >= 0.3 is 0 Å². The van der Waals surface area contributed by atoms with Gasteiger partial charge in [0, 0.05) is 11.4 Å². The van der Waals surface area contributed by atoms with Crippen LogP contribution in [0, 0.1) is 0 Å². The molecule has 0 saturated heterocycles. The number of aromatic hydroxyl groups is 1. The summed E-state index contributed by atoms with van der Waals surface area (Å²) in [5.74, 6) is -0.0383. The Bertz CT molecular complexity index is 646. The maximum absolute atomic E-state index is 12.3. The van der Waals surface area contributed by atoms with Crippen LogP contribution in [0.1, 0.15) is 49.0 Å². The number of hydrogen-bond donors (Lipinski definition) is 2. The lowest BCUT2D eigenvalue weighted by atomic mass is 10.1. The number of phenols is 1. The van der Waals surface area contributed by atoms with Crippen LogP contribution >= 0.6 is 0 Å². The summed E-state index contributed by atoms with van der Waals surface area (Å²) in [5.41, 5.74) is 0.847. The van der Waals surface area contributed by atoms with Crippen LogP contribution in [0.5, 0.6) is 5.75 Å². The van der Waals surface area contributed by atoms with Crippen LogP contribution in [0.15, 0.2) is 30.3 Å². The van der Waals surface area contributed by atoms with Crippen molar-refractivity contribution in [1.29, 1.82) is 0 Å². The molecule has 0 unspecified atom stereocenters. The third kappa shape index (κ3) is 3.15. The Balaban J connectivity index is 1.79. The van der Waals surface area contributed by atoms with Gasteiger partial charge in [0.15, 0.2) is 0 Å². The van der Waals surface area contributed by atoms with E-state index in [1.807, 2.05) is 12.1 Å². The van der Waals surface area contributed by atoms with Gasteiger partial charge < -0.3 is 10.4 Å². The number of benzene rings is 1. The number of para-hydroxylation sites is 1. The first-order valence-electron chi connectivity index (χ1n) is 7.63. The number of fused-ring (bicyclic) bond motifs is 1. The molecule has 0 aliphatic heterocycles. The van der Waals surface area contributed by atoms with E-state index >= 15 is 0 Å². The highest BCUT2D eigenvalue weighted by molar-refractivity contribution is 5.96. The lowest BCUT2D eigenvalue weighted by molar-refractivity contribution is 0.0928. The highest BCUT2D eigenvalue weighted by Gasteiger charge is 2.17. The second-order valence-electron chi connectivity index (χ2n) is 5.71. The SMILES string of the molecule is O=C(NC1CCCCCC1)c1ccc2cccc(O)c2n1. The minimum atomic E-state index is -0.146. The minimum absolute atomic E-state index is 0.108. The number of amides is 1. The van der Waals surface area contributed by atoms with Crippen LogP contribution in [0.2, 0.25) is 0 Å². The molecule has 21 heavy (non-hydrogen) atoms. The zero-order chi connectivity index (χ0) is 14.7. The molecule has 2 N–H and O–H groups in total. The van der Waals surface area contributed by atoms with E-state index < -0.39 is 0 Å². The second-order valence-corrected chi connectivity index (χ2v) is 5.71. The van der Waals surface area contributed by atoms with Gasteiger partial charge in [-0.1, -0.05) is 43.9 Å². The molecule has 1 aromatic heterocycles. The average molecular weight is 284 g/mol. The van der Waals surface area contributed by atoms with E-state index in [-0.39, 0.29) is 17.7 Å². The molecule has 1 fully saturated rings. The Morgan fingerprint density at radius 3 is 2.62 bits per heavy atom. The van der Waals surface area contributed by atoms with Crippen molar-refractivity contribution in [3.05, 3.63) is 36.0 Å². The van der Waals surface area contributed by atoms with Crippen molar-refractivity contribution in [3.8, 4) is 5.75 Å². The van der Waals surface area contributed by atoms with Crippen molar-refractivity contribution in [2.24, 2.45) is 0 Å². The Kier molecular flexibility index (Phi) is 4.04. The number of rotatable bonds is 2. The smallest absolute Gasteiger partial charge is 0.270 e. The zero-order valence-electron chi connectivity index (χ0n) is 12.0. The molecule has 2 aromatic rings. The molecule has 0 spiro atoms. The third-order valence-corrected chi connectivity index (χ3v) is 4.12. The highest BCUT2D eigenvalue weighted by atomic mass is 16.3. The monoisotopic (exact) mass is 284 g/mol. The number of aromatic nitrogens is 1. The molecule has 0 radical (unpaired) electrons. The number of carbonyl (C=O) groups excluding carboxylic acids is 1. The van der Waals surface area contributed by atoms with Crippen LogP contribution in [0.25, 0.3) is 10.9 Å². The lowest BCUT2D eigenvalue weighted by Crippen LogP contribution is -2.34. The van der Waals surface area contributed by atoms with Crippen molar-refractivity contribution in [3.63, 3.8) is 0 Å². The molecule has 1 aliphatic carbocycles. The quantitative estimate of drug-likeness (QED) is 0.831.